The zero-order valence-corrected chi connectivity index (χ0v) is 19.1. The first-order chi connectivity index (χ1) is 14.0. The Morgan fingerprint density at radius 2 is 1.87 bits per heavy atom. The average molecular weight is 423 g/mol. The third-order valence-corrected chi connectivity index (χ3v) is 6.14. The van der Waals surface area contributed by atoms with Gasteiger partial charge in [0, 0.05) is 18.9 Å². The Hall–Kier alpha value is -1.92. The van der Waals surface area contributed by atoms with Crippen LogP contribution < -0.4 is 10.6 Å². The number of Topliss-reactive ketones (excluding diaryl/α,β-unsaturated/α-hetero) is 2. The van der Waals surface area contributed by atoms with Crippen LogP contribution in [0, 0.1) is 29.1 Å². The summed E-state index contributed by atoms with van der Waals surface area (Å²) < 4.78 is 5.25. The van der Waals surface area contributed by atoms with Crippen LogP contribution in [0.5, 0.6) is 0 Å². The molecule has 0 radical (unpaired) electrons. The van der Waals surface area contributed by atoms with Crippen molar-refractivity contribution in [2.24, 2.45) is 29.1 Å². The second kappa shape index (κ2) is 10.4. The van der Waals surface area contributed by atoms with Crippen LogP contribution in [0.2, 0.25) is 0 Å². The Bertz CT molecular complexity index is 652. The number of hydrogen-bond donors (Lipinski definition) is 2. The minimum Gasteiger partial charge on any atom is -0.449 e. The fourth-order valence-corrected chi connectivity index (χ4v) is 4.49. The van der Waals surface area contributed by atoms with Crippen molar-refractivity contribution >= 4 is 23.6 Å². The first-order valence-corrected chi connectivity index (χ1v) is 11.3. The Morgan fingerprint density at radius 3 is 2.50 bits per heavy atom. The van der Waals surface area contributed by atoms with E-state index in [0.717, 1.165) is 32.1 Å². The van der Waals surface area contributed by atoms with Crippen LogP contribution in [0.15, 0.2) is 0 Å². The highest BCUT2D eigenvalue weighted by molar-refractivity contribution is 6.37. The molecule has 4 atom stereocenters. The number of alkyl carbamates (subject to hydrolysis) is 1. The topological polar surface area (TPSA) is 102 Å². The molecular weight excluding hydrogens is 384 g/mol. The van der Waals surface area contributed by atoms with Crippen LogP contribution in [-0.4, -0.2) is 42.8 Å². The SMILES string of the molecule is CC(C)C(NC(=O)OCC(C)(C)C)C(=O)CC1C(=O)C(=O)NCCC2CCCC1C2. The molecule has 0 aromatic rings. The summed E-state index contributed by atoms with van der Waals surface area (Å²) in [4.78, 5) is 50.5. The second-order valence-electron chi connectivity index (χ2n) is 10.5. The molecule has 1 aliphatic carbocycles. The molecule has 2 rings (SSSR count). The number of amides is 2. The largest absolute Gasteiger partial charge is 0.449 e. The maximum Gasteiger partial charge on any atom is 0.407 e. The third kappa shape index (κ3) is 7.10. The van der Waals surface area contributed by atoms with Crippen molar-refractivity contribution < 1.29 is 23.9 Å². The van der Waals surface area contributed by atoms with Crippen molar-refractivity contribution in [3.05, 3.63) is 0 Å². The molecule has 1 heterocycles. The van der Waals surface area contributed by atoms with Crippen molar-refractivity contribution in [3.63, 3.8) is 0 Å². The number of carbonyl (C=O) groups is 4. The standard InChI is InChI=1S/C23H38N2O5/c1-14(2)19(25-22(29)30-13-23(3,4)5)18(26)12-17-16-8-6-7-15(11-16)9-10-24-21(28)20(17)27/h14-17,19H,6-13H2,1-5H3,(H,24,28)(H,25,29). The smallest absolute Gasteiger partial charge is 0.407 e. The Kier molecular flexibility index (Phi) is 8.44. The van der Waals surface area contributed by atoms with E-state index in [-0.39, 0.29) is 36.1 Å². The van der Waals surface area contributed by atoms with Gasteiger partial charge >= 0.3 is 6.09 Å². The van der Waals surface area contributed by atoms with Gasteiger partial charge in [0.25, 0.3) is 5.91 Å². The van der Waals surface area contributed by atoms with E-state index in [4.69, 9.17) is 4.74 Å². The van der Waals surface area contributed by atoms with Gasteiger partial charge in [0.15, 0.2) is 5.78 Å². The molecule has 1 aliphatic heterocycles. The molecule has 2 aliphatic rings. The molecule has 2 bridgehead atoms. The van der Waals surface area contributed by atoms with E-state index < -0.39 is 29.7 Å². The predicted octanol–water partition coefficient (Wildman–Crippen LogP) is 3.25. The van der Waals surface area contributed by atoms with Crippen LogP contribution in [0.1, 0.15) is 73.1 Å². The lowest BCUT2D eigenvalue weighted by Crippen LogP contribution is -2.47. The van der Waals surface area contributed by atoms with Gasteiger partial charge < -0.3 is 15.4 Å². The van der Waals surface area contributed by atoms with Gasteiger partial charge in [-0.1, -0.05) is 47.5 Å². The van der Waals surface area contributed by atoms with Crippen LogP contribution in [0.4, 0.5) is 4.79 Å². The summed E-state index contributed by atoms with van der Waals surface area (Å²) in [6, 6.07) is -0.750. The highest BCUT2D eigenvalue weighted by Gasteiger charge is 2.39. The first kappa shape index (κ1) is 24.4. The van der Waals surface area contributed by atoms with Crippen molar-refractivity contribution in [3.8, 4) is 0 Å². The average Bonchev–Trinajstić information content (AvgIpc) is 2.69. The zero-order valence-electron chi connectivity index (χ0n) is 19.1. The summed E-state index contributed by atoms with van der Waals surface area (Å²) in [5.41, 5.74) is -0.177. The van der Waals surface area contributed by atoms with E-state index in [9.17, 15) is 19.2 Å². The number of ketones is 2. The monoisotopic (exact) mass is 422 g/mol. The number of rotatable bonds is 6. The second-order valence-corrected chi connectivity index (χ2v) is 10.5. The summed E-state index contributed by atoms with van der Waals surface area (Å²) in [6.45, 7) is 10.3. The van der Waals surface area contributed by atoms with Gasteiger partial charge in [-0.25, -0.2) is 4.79 Å². The molecule has 2 amide bonds. The maximum atomic E-state index is 13.1. The van der Waals surface area contributed by atoms with Crippen molar-refractivity contribution in [2.75, 3.05) is 13.2 Å². The highest BCUT2D eigenvalue weighted by Crippen LogP contribution is 2.38. The number of hydrogen-bond acceptors (Lipinski definition) is 5. The van der Waals surface area contributed by atoms with Gasteiger partial charge in [-0.05, 0) is 42.4 Å². The quantitative estimate of drug-likeness (QED) is 0.640. The first-order valence-electron chi connectivity index (χ1n) is 11.3. The van der Waals surface area contributed by atoms with E-state index in [1.54, 1.807) is 0 Å². The summed E-state index contributed by atoms with van der Waals surface area (Å²) in [7, 11) is 0. The number of fused-ring (bicyclic) bond motifs is 2. The summed E-state index contributed by atoms with van der Waals surface area (Å²) in [5, 5.41) is 5.39. The van der Waals surface area contributed by atoms with Crippen LogP contribution >= 0.6 is 0 Å². The fraction of sp³-hybridized carbons (Fsp3) is 0.826. The van der Waals surface area contributed by atoms with Gasteiger partial charge in [0.1, 0.15) is 0 Å². The predicted molar refractivity (Wildman–Crippen MR) is 114 cm³/mol. The molecule has 7 nitrogen and oxygen atoms in total. The molecule has 2 fully saturated rings. The van der Waals surface area contributed by atoms with Crippen LogP contribution in [0.3, 0.4) is 0 Å². The molecule has 0 aromatic heterocycles. The lowest BCUT2D eigenvalue weighted by atomic mass is 9.71. The molecule has 4 unspecified atom stereocenters. The summed E-state index contributed by atoms with van der Waals surface area (Å²) >= 11 is 0. The zero-order chi connectivity index (χ0) is 22.5. The van der Waals surface area contributed by atoms with Gasteiger partial charge in [0.05, 0.1) is 12.6 Å². The molecule has 170 valence electrons. The summed E-state index contributed by atoms with van der Waals surface area (Å²) in [5.74, 6) is -1.53. The molecule has 0 aromatic carbocycles. The number of carbonyl (C=O) groups excluding carboxylic acids is 4. The third-order valence-electron chi connectivity index (χ3n) is 6.14. The molecule has 1 saturated heterocycles. The van der Waals surface area contributed by atoms with Crippen LogP contribution in [0.25, 0.3) is 0 Å². The van der Waals surface area contributed by atoms with Gasteiger partial charge in [-0.15, -0.1) is 0 Å². The van der Waals surface area contributed by atoms with Gasteiger partial charge in [-0.3, -0.25) is 14.4 Å². The molecule has 30 heavy (non-hydrogen) atoms. The van der Waals surface area contributed by atoms with Crippen LogP contribution in [-0.2, 0) is 19.1 Å². The molecule has 1 saturated carbocycles. The Balaban J connectivity index is 2.10. The van der Waals surface area contributed by atoms with E-state index in [2.05, 4.69) is 10.6 Å². The minimum atomic E-state index is -0.750. The number of nitrogens with one attached hydrogen (secondary N) is 2. The van der Waals surface area contributed by atoms with E-state index >= 15 is 0 Å². The Morgan fingerprint density at radius 1 is 1.17 bits per heavy atom. The maximum absolute atomic E-state index is 13.1. The van der Waals surface area contributed by atoms with Crippen molar-refractivity contribution in [2.45, 2.75) is 79.2 Å². The minimum absolute atomic E-state index is 0.0218. The highest BCUT2D eigenvalue weighted by atomic mass is 16.5. The lowest BCUT2D eigenvalue weighted by molar-refractivity contribution is -0.142. The molecule has 0 spiro atoms. The Labute approximate surface area is 180 Å². The van der Waals surface area contributed by atoms with Crippen molar-refractivity contribution in [1.29, 1.82) is 0 Å². The van der Waals surface area contributed by atoms with Crippen molar-refractivity contribution in [1.82, 2.24) is 10.6 Å². The number of ether oxygens (including phenoxy) is 1. The van der Waals surface area contributed by atoms with E-state index in [1.807, 2.05) is 34.6 Å². The summed E-state index contributed by atoms with van der Waals surface area (Å²) in [6.07, 6.45) is 4.10. The molecule has 2 N–H and O–H groups in total. The normalized spacial score (nSPS) is 26.1. The van der Waals surface area contributed by atoms with E-state index in [0.29, 0.717) is 12.5 Å². The molecular formula is C23H38N2O5. The van der Waals surface area contributed by atoms with E-state index in [1.165, 1.54) is 0 Å². The molecule has 7 heteroatoms. The fourth-order valence-electron chi connectivity index (χ4n) is 4.49. The van der Waals surface area contributed by atoms with Gasteiger partial charge in [-0.2, -0.15) is 0 Å². The lowest BCUT2D eigenvalue weighted by Gasteiger charge is -2.33. The van der Waals surface area contributed by atoms with Gasteiger partial charge in [0.2, 0.25) is 5.78 Å².